The van der Waals surface area contributed by atoms with E-state index in [1.807, 2.05) is 24.0 Å². The van der Waals surface area contributed by atoms with Crippen LogP contribution in [0.25, 0.3) is 0 Å². The van der Waals surface area contributed by atoms with Crippen molar-refractivity contribution >= 4 is 29.9 Å². The molecular weight excluding hydrogens is 333 g/mol. The number of benzene rings is 1. The molecule has 23 heavy (non-hydrogen) atoms. The van der Waals surface area contributed by atoms with Gasteiger partial charge in [-0.05, 0) is 31.0 Å². The summed E-state index contributed by atoms with van der Waals surface area (Å²) in [5.41, 5.74) is 6.68. The van der Waals surface area contributed by atoms with Crippen molar-refractivity contribution in [3.05, 3.63) is 34.9 Å². The second-order valence-electron chi connectivity index (χ2n) is 6.36. The number of carbonyl (C=O) groups excluding carboxylic acids is 1. The second kappa shape index (κ2) is 8.88. The van der Waals surface area contributed by atoms with Gasteiger partial charge in [-0.1, -0.05) is 37.1 Å². The minimum absolute atomic E-state index is 0. The Balaban J connectivity index is 0.00000264. The SMILES string of the molecule is CCCC(C)(N)C(=O)N1CCN(Cc2ccc(Cl)cc2)CC1.Cl. The second-order valence-corrected chi connectivity index (χ2v) is 6.80. The van der Waals surface area contributed by atoms with Crippen LogP contribution in [-0.4, -0.2) is 47.4 Å². The molecule has 1 aromatic carbocycles. The van der Waals surface area contributed by atoms with E-state index in [1.165, 1.54) is 5.56 Å². The Bertz CT molecular complexity index is 497. The lowest BCUT2D eigenvalue weighted by Crippen LogP contribution is -2.58. The van der Waals surface area contributed by atoms with Crippen molar-refractivity contribution < 1.29 is 4.79 Å². The Kier molecular flexibility index (Phi) is 7.81. The summed E-state index contributed by atoms with van der Waals surface area (Å²) in [6.07, 6.45) is 1.66. The first-order chi connectivity index (χ1) is 10.4. The molecule has 1 heterocycles. The Labute approximate surface area is 150 Å². The number of carbonyl (C=O) groups is 1. The van der Waals surface area contributed by atoms with Crippen LogP contribution in [0.2, 0.25) is 5.02 Å². The van der Waals surface area contributed by atoms with E-state index in [1.54, 1.807) is 0 Å². The molecule has 1 aliphatic rings. The predicted molar refractivity (Wildman–Crippen MR) is 98.1 cm³/mol. The summed E-state index contributed by atoms with van der Waals surface area (Å²) in [4.78, 5) is 16.8. The number of nitrogens with two attached hydrogens (primary N) is 1. The van der Waals surface area contributed by atoms with Gasteiger partial charge in [0.05, 0.1) is 5.54 Å². The highest BCUT2D eigenvalue weighted by atomic mass is 35.5. The molecule has 130 valence electrons. The van der Waals surface area contributed by atoms with Gasteiger partial charge >= 0.3 is 0 Å². The topological polar surface area (TPSA) is 49.6 Å². The maximum absolute atomic E-state index is 12.5. The van der Waals surface area contributed by atoms with Crippen molar-refractivity contribution in [2.75, 3.05) is 26.2 Å². The van der Waals surface area contributed by atoms with E-state index in [4.69, 9.17) is 17.3 Å². The fourth-order valence-electron chi connectivity index (χ4n) is 2.94. The molecule has 1 atom stereocenters. The van der Waals surface area contributed by atoms with Gasteiger partial charge in [-0.2, -0.15) is 0 Å². The number of halogens is 2. The summed E-state index contributed by atoms with van der Waals surface area (Å²) in [5.74, 6) is 0.0838. The van der Waals surface area contributed by atoms with Crippen molar-refractivity contribution in [2.24, 2.45) is 5.73 Å². The summed E-state index contributed by atoms with van der Waals surface area (Å²) in [6.45, 7) is 8.08. The van der Waals surface area contributed by atoms with Crippen molar-refractivity contribution in [2.45, 2.75) is 38.8 Å². The molecule has 4 nitrogen and oxygen atoms in total. The maximum Gasteiger partial charge on any atom is 0.242 e. The molecule has 0 aromatic heterocycles. The Morgan fingerprint density at radius 3 is 2.30 bits per heavy atom. The highest BCUT2D eigenvalue weighted by Gasteiger charge is 2.33. The van der Waals surface area contributed by atoms with E-state index in [0.29, 0.717) is 0 Å². The van der Waals surface area contributed by atoms with Crippen molar-refractivity contribution in [1.29, 1.82) is 0 Å². The molecule has 2 N–H and O–H groups in total. The fraction of sp³-hybridized carbons (Fsp3) is 0.588. The maximum atomic E-state index is 12.5. The normalized spacial score (nSPS) is 18.2. The summed E-state index contributed by atoms with van der Waals surface area (Å²) in [7, 11) is 0. The zero-order valence-corrected chi connectivity index (χ0v) is 15.5. The number of rotatable bonds is 5. The van der Waals surface area contributed by atoms with Crippen LogP contribution in [0, 0.1) is 0 Å². The van der Waals surface area contributed by atoms with E-state index in [2.05, 4.69) is 24.0 Å². The van der Waals surface area contributed by atoms with Gasteiger partial charge in [0, 0.05) is 37.7 Å². The van der Waals surface area contributed by atoms with Crippen LogP contribution < -0.4 is 5.73 Å². The van der Waals surface area contributed by atoms with Crippen LogP contribution in [0.3, 0.4) is 0 Å². The largest absolute Gasteiger partial charge is 0.339 e. The van der Waals surface area contributed by atoms with Gasteiger partial charge in [-0.15, -0.1) is 12.4 Å². The lowest BCUT2D eigenvalue weighted by Gasteiger charge is -2.38. The van der Waals surface area contributed by atoms with Gasteiger partial charge < -0.3 is 10.6 Å². The van der Waals surface area contributed by atoms with E-state index in [9.17, 15) is 4.79 Å². The van der Waals surface area contributed by atoms with E-state index in [0.717, 1.165) is 50.6 Å². The Morgan fingerprint density at radius 1 is 1.22 bits per heavy atom. The van der Waals surface area contributed by atoms with E-state index >= 15 is 0 Å². The molecule has 0 radical (unpaired) electrons. The highest BCUT2D eigenvalue weighted by Crippen LogP contribution is 2.16. The van der Waals surface area contributed by atoms with Gasteiger partial charge in [-0.25, -0.2) is 0 Å². The Morgan fingerprint density at radius 2 is 1.78 bits per heavy atom. The first-order valence-corrected chi connectivity index (χ1v) is 8.35. The number of nitrogens with zero attached hydrogens (tertiary/aromatic N) is 2. The lowest BCUT2D eigenvalue weighted by atomic mass is 9.95. The molecular formula is C17H27Cl2N3O. The molecule has 1 fully saturated rings. The van der Waals surface area contributed by atoms with Crippen molar-refractivity contribution in [1.82, 2.24) is 9.80 Å². The van der Waals surface area contributed by atoms with Gasteiger partial charge in [0.15, 0.2) is 0 Å². The molecule has 1 aromatic rings. The minimum atomic E-state index is -0.729. The highest BCUT2D eigenvalue weighted by molar-refractivity contribution is 6.30. The molecule has 1 unspecified atom stereocenters. The summed E-state index contributed by atoms with van der Waals surface area (Å²) >= 11 is 5.91. The average Bonchev–Trinajstić information content (AvgIpc) is 2.49. The molecule has 0 bridgehead atoms. The van der Waals surface area contributed by atoms with Crippen LogP contribution in [0.4, 0.5) is 0 Å². The van der Waals surface area contributed by atoms with Crippen LogP contribution in [0.5, 0.6) is 0 Å². The number of amides is 1. The third-order valence-electron chi connectivity index (χ3n) is 4.24. The van der Waals surface area contributed by atoms with Crippen LogP contribution in [0.15, 0.2) is 24.3 Å². The summed E-state index contributed by atoms with van der Waals surface area (Å²) < 4.78 is 0. The van der Waals surface area contributed by atoms with Crippen molar-refractivity contribution in [3.63, 3.8) is 0 Å². The van der Waals surface area contributed by atoms with Gasteiger partial charge in [0.25, 0.3) is 0 Å². The van der Waals surface area contributed by atoms with Crippen LogP contribution >= 0.6 is 24.0 Å². The molecule has 1 saturated heterocycles. The zero-order chi connectivity index (χ0) is 16.2. The number of hydrogen-bond acceptors (Lipinski definition) is 3. The summed E-state index contributed by atoms with van der Waals surface area (Å²) in [5, 5.41) is 0.761. The third-order valence-corrected chi connectivity index (χ3v) is 4.49. The monoisotopic (exact) mass is 359 g/mol. The van der Waals surface area contributed by atoms with Gasteiger partial charge in [-0.3, -0.25) is 9.69 Å². The Hall–Kier alpha value is -0.810. The third kappa shape index (κ3) is 5.64. The molecule has 0 saturated carbocycles. The molecule has 2 rings (SSSR count). The predicted octanol–water partition coefficient (Wildman–Crippen LogP) is 2.92. The van der Waals surface area contributed by atoms with Gasteiger partial charge in [0.2, 0.25) is 5.91 Å². The van der Waals surface area contributed by atoms with Crippen LogP contribution in [-0.2, 0) is 11.3 Å². The fourth-order valence-corrected chi connectivity index (χ4v) is 3.07. The summed E-state index contributed by atoms with van der Waals surface area (Å²) in [6, 6.07) is 7.94. The van der Waals surface area contributed by atoms with E-state index < -0.39 is 5.54 Å². The number of piperazine rings is 1. The van der Waals surface area contributed by atoms with E-state index in [-0.39, 0.29) is 18.3 Å². The first-order valence-electron chi connectivity index (χ1n) is 7.97. The van der Waals surface area contributed by atoms with Crippen LogP contribution in [0.1, 0.15) is 32.3 Å². The zero-order valence-electron chi connectivity index (χ0n) is 13.9. The molecule has 0 aliphatic carbocycles. The lowest BCUT2D eigenvalue weighted by molar-refractivity contribution is -0.138. The minimum Gasteiger partial charge on any atom is -0.339 e. The number of hydrogen-bond donors (Lipinski definition) is 1. The standard InChI is InChI=1S/C17H26ClN3O.ClH/c1-3-8-17(2,19)16(22)21-11-9-20(10-12-21)13-14-4-6-15(18)7-5-14;/h4-7H,3,8-13,19H2,1-2H3;1H. The molecule has 1 amide bonds. The molecule has 0 spiro atoms. The first kappa shape index (κ1) is 20.2. The quantitative estimate of drug-likeness (QED) is 0.878. The average molecular weight is 360 g/mol. The van der Waals surface area contributed by atoms with Gasteiger partial charge in [0.1, 0.15) is 0 Å². The molecule has 1 aliphatic heterocycles. The smallest absolute Gasteiger partial charge is 0.242 e. The molecule has 6 heteroatoms. The van der Waals surface area contributed by atoms with Crippen molar-refractivity contribution in [3.8, 4) is 0 Å².